The Hall–Kier alpha value is -2.33. The van der Waals surface area contributed by atoms with Gasteiger partial charge in [0.15, 0.2) is 0 Å². The van der Waals surface area contributed by atoms with Gasteiger partial charge in [-0.15, -0.1) is 5.10 Å². The van der Waals surface area contributed by atoms with Crippen LogP contribution in [-0.2, 0) is 34.1 Å². The molecule has 0 aliphatic carbocycles. The predicted octanol–water partition coefficient (Wildman–Crippen LogP) is 0.0601. The average molecular weight is 338 g/mol. The smallest absolute Gasteiger partial charge is 0.451 e. The highest BCUT2D eigenvalue weighted by molar-refractivity contribution is 5.81. The Labute approximate surface area is 129 Å². The number of nitrogens with zero attached hydrogens (tertiary/aromatic N) is 3. The third-order valence-corrected chi connectivity index (χ3v) is 2.80. The molecule has 8 nitrogen and oxygen atoms in total. The van der Waals surface area contributed by atoms with Crippen molar-refractivity contribution in [2.45, 2.75) is 32.5 Å². The van der Waals surface area contributed by atoms with Crippen LogP contribution in [0.1, 0.15) is 25.6 Å². The van der Waals surface area contributed by atoms with Gasteiger partial charge in [-0.05, 0) is 6.92 Å². The van der Waals surface area contributed by atoms with Crippen LogP contribution in [0.15, 0.2) is 4.79 Å². The van der Waals surface area contributed by atoms with E-state index in [9.17, 15) is 27.6 Å². The van der Waals surface area contributed by atoms with Gasteiger partial charge >= 0.3 is 17.8 Å². The van der Waals surface area contributed by atoms with Gasteiger partial charge in [-0.3, -0.25) is 14.2 Å². The van der Waals surface area contributed by atoms with Gasteiger partial charge in [0.2, 0.25) is 11.7 Å². The van der Waals surface area contributed by atoms with Gasteiger partial charge in [-0.25, -0.2) is 9.48 Å². The molecule has 0 saturated heterocycles. The quantitative estimate of drug-likeness (QED) is 0.710. The number of aromatic nitrogens is 3. The molecule has 0 aliphatic heterocycles. The molecule has 1 amide bonds. The lowest BCUT2D eigenvalue weighted by atomic mass is 10.3. The standard InChI is InChI=1S/C12H17F3N4O4/c1-3-23-9(21)5-4-8(20)16-6-7-19-11(22)18(2)10(17-19)12(13,14)15/h3-7H2,1-2H3,(H,16,20). The number of carbonyl (C=O) groups is 2. The Bertz CT molecular complexity index is 621. The number of esters is 1. The second kappa shape index (κ2) is 7.79. The maximum absolute atomic E-state index is 12.6. The van der Waals surface area contributed by atoms with Gasteiger partial charge in [0.25, 0.3) is 0 Å². The van der Waals surface area contributed by atoms with Crippen molar-refractivity contribution in [3.05, 3.63) is 16.3 Å². The second-order valence-corrected chi connectivity index (χ2v) is 4.54. The third kappa shape index (κ3) is 5.42. The van der Waals surface area contributed by atoms with E-state index in [1.165, 1.54) is 0 Å². The summed E-state index contributed by atoms with van der Waals surface area (Å²) in [6.45, 7) is 1.55. The minimum absolute atomic E-state index is 0.0874. The minimum atomic E-state index is -4.73. The van der Waals surface area contributed by atoms with Crippen LogP contribution in [0, 0.1) is 0 Å². The number of alkyl halides is 3. The number of ether oxygens (including phenoxy) is 1. The lowest BCUT2D eigenvalue weighted by Crippen LogP contribution is -2.32. The summed E-state index contributed by atoms with van der Waals surface area (Å²) in [5.74, 6) is -2.30. The summed E-state index contributed by atoms with van der Waals surface area (Å²) < 4.78 is 43.4. The lowest BCUT2D eigenvalue weighted by Gasteiger charge is -2.05. The maximum atomic E-state index is 12.6. The Morgan fingerprint density at radius 3 is 2.48 bits per heavy atom. The summed E-state index contributed by atoms with van der Waals surface area (Å²) in [7, 11) is 0.965. The van der Waals surface area contributed by atoms with Gasteiger partial charge in [-0.1, -0.05) is 0 Å². The summed E-state index contributed by atoms with van der Waals surface area (Å²) in [6, 6.07) is 0. The van der Waals surface area contributed by atoms with Crippen LogP contribution >= 0.6 is 0 Å². The first-order chi connectivity index (χ1) is 10.7. The molecule has 0 unspecified atom stereocenters. The van der Waals surface area contributed by atoms with Gasteiger partial charge in [0.1, 0.15) is 0 Å². The van der Waals surface area contributed by atoms with E-state index in [4.69, 9.17) is 0 Å². The molecule has 1 aromatic heterocycles. The molecule has 0 fully saturated rings. The molecule has 130 valence electrons. The molecule has 0 aliphatic rings. The molecule has 1 aromatic rings. The Morgan fingerprint density at radius 1 is 1.30 bits per heavy atom. The molecule has 1 rings (SSSR count). The van der Waals surface area contributed by atoms with Crippen molar-refractivity contribution in [2.24, 2.45) is 7.05 Å². The van der Waals surface area contributed by atoms with E-state index in [1.54, 1.807) is 6.92 Å². The lowest BCUT2D eigenvalue weighted by molar-refractivity contribution is -0.147. The molecule has 1 heterocycles. The molecule has 0 radical (unpaired) electrons. The first-order valence-electron chi connectivity index (χ1n) is 6.80. The topological polar surface area (TPSA) is 95.2 Å². The summed E-state index contributed by atoms with van der Waals surface area (Å²) in [4.78, 5) is 34.1. The molecule has 0 bridgehead atoms. The summed E-state index contributed by atoms with van der Waals surface area (Å²) in [6.07, 6.45) is -4.94. The highest BCUT2D eigenvalue weighted by atomic mass is 19.4. The van der Waals surface area contributed by atoms with Gasteiger partial charge < -0.3 is 10.1 Å². The number of carbonyl (C=O) groups excluding carboxylic acids is 2. The minimum Gasteiger partial charge on any atom is -0.466 e. The first-order valence-corrected chi connectivity index (χ1v) is 6.80. The number of nitrogens with one attached hydrogen (secondary N) is 1. The number of rotatable bonds is 7. The highest BCUT2D eigenvalue weighted by Gasteiger charge is 2.37. The molecule has 0 spiro atoms. The molecule has 0 aromatic carbocycles. The number of hydrogen-bond acceptors (Lipinski definition) is 5. The van der Waals surface area contributed by atoms with Crippen LogP contribution in [0.3, 0.4) is 0 Å². The fourth-order valence-electron chi connectivity index (χ4n) is 1.72. The molecule has 1 N–H and O–H groups in total. The van der Waals surface area contributed by atoms with Crippen LogP contribution < -0.4 is 11.0 Å². The zero-order valence-electron chi connectivity index (χ0n) is 12.6. The monoisotopic (exact) mass is 338 g/mol. The van der Waals surface area contributed by atoms with Crippen LogP contribution in [-0.4, -0.2) is 39.4 Å². The Balaban J connectivity index is 2.49. The molecule has 0 atom stereocenters. The van der Waals surface area contributed by atoms with Gasteiger partial charge in [-0.2, -0.15) is 13.2 Å². The van der Waals surface area contributed by atoms with Gasteiger partial charge in [0.05, 0.1) is 19.6 Å². The third-order valence-electron chi connectivity index (χ3n) is 2.80. The Kier molecular flexibility index (Phi) is 6.34. The number of hydrogen-bond donors (Lipinski definition) is 1. The van der Waals surface area contributed by atoms with Crippen molar-refractivity contribution < 1.29 is 27.5 Å². The zero-order chi connectivity index (χ0) is 17.6. The van der Waals surface area contributed by atoms with E-state index in [2.05, 4.69) is 15.2 Å². The van der Waals surface area contributed by atoms with E-state index < -0.39 is 29.6 Å². The van der Waals surface area contributed by atoms with Crippen molar-refractivity contribution in [3.63, 3.8) is 0 Å². The predicted molar refractivity (Wildman–Crippen MR) is 71.3 cm³/mol. The summed E-state index contributed by atoms with van der Waals surface area (Å²) in [5, 5.41) is 5.58. The van der Waals surface area contributed by atoms with Crippen LogP contribution in [0.25, 0.3) is 0 Å². The largest absolute Gasteiger partial charge is 0.466 e. The van der Waals surface area contributed by atoms with Gasteiger partial charge in [0, 0.05) is 20.0 Å². The summed E-state index contributed by atoms with van der Waals surface area (Å²) >= 11 is 0. The van der Waals surface area contributed by atoms with E-state index >= 15 is 0 Å². The van der Waals surface area contributed by atoms with E-state index in [1.807, 2.05) is 0 Å². The van der Waals surface area contributed by atoms with Crippen LogP contribution in [0.5, 0.6) is 0 Å². The fraction of sp³-hybridized carbons (Fsp3) is 0.667. The van der Waals surface area contributed by atoms with Crippen molar-refractivity contribution in [1.82, 2.24) is 19.7 Å². The molecular formula is C12H17F3N4O4. The van der Waals surface area contributed by atoms with E-state index in [-0.39, 0.29) is 32.5 Å². The first kappa shape index (κ1) is 18.7. The van der Waals surface area contributed by atoms with Crippen molar-refractivity contribution in [3.8, 4) is 0 Å². The number of amides is 1. The Morgan fingerprint density at radius 2 is 1.96 bits per heavy atom. The average Bonchev–Trinajstić information content (AvgIpc) is 2.74. The molecule has 0 saturated carbocycles. The van der Waals surface area contributed by atoms with Crippen LogP contribution in [0.2, 0.25) is 0 Å². The zero-order valence-corrected chi connectivity index (χ0v) is 12.6. The normalized spacial score (nSPS) is 11.3. The maximum Gasteiger partial charge on any atom is 0.451 e. The SMILES string of the molecule is CCOC(=O)CCC(=O)NCCn1nc(C(F)(F)F)n(C)c1=O. The number of halogens is 3. The fourth-order valence-corrected chi connectivity index (χ4v) is 1.72. The van der Waals surface area contributed by atoms with E-state index in [0.29, 0.717) is 9.25 Å². The molecule has 11 heteroatoms. The molecular weight excluding hydrogens is 321 g/mol. The van der Waals surface area contributed by atoms with Crippen molar-refractivity contribution in [1.29, 1.82) is 0 Å². The second-order valence-electron chi connectivity index (χ2n) is 4.54. The van der Waals surface area contributed by atoms with E-state index in [0.717, 1.165) is 7.05 Å². The van der Waals surface area contributed by atoms with Crippen molar-refractivity contribution >= 4 is 11.9 Å². The highest BCUT2D eigenvalue weighted by Crippen LogP contribution is 2.25. The van der Waals surface area contributed by atoms with Crippen LogP contribution in [0.4, 0.5) is 13.2 Å². The summed E-state index contributed by atoms with van der Waals surface area (Å²) in [5.41, 5.74) is -0.932. The molecule has 23 heavy (non-hydrogen) atoms. The van der Waals surface area contributed by atoms with Crippen molar-refractivity contribution in [2.75, 3.05) is 13.2 Å².